The number of nitriles is 1. The highest BCUT2D eigenvalue weighted by atomic mass is 16.5. The van der Waals surface area contributed by atoms with Crippen LogP contribution in [-0.2, 0) is 0 Å². The van der Waals surface area contributed by atoms with Crippen molar-refractivity contribution in [1.29, 1.82) is 5.26 Å². The number of aromatic hydroxyl groups is 2. The molecule has 5 atom stereocenters. The Labute approximate surface area is 155 Å². The molecule has 2 aliphatic carbocycles. The van der Waals surface area contributed by atoms with Gasteiger partial charge in [-0.25, -0.2) is 0 Å². The van der Waals surface area contributed by atoms with Crippen molar-refractivity contribution in [2.24, 2.45) is 22.7 Å². The van der Waals surface area contributed by atoms with E-state index in [1.54, 1.807) is 0 Å². The van der Waals surface area contributed by atoms with Gasteiger partial charge in [0.25, 0.3) is 0 Å². The second-order valence-electron chi connectivity index (χ2n) is 9.82. The van der Waals surface area contributed by atoms with E-state index in [0.29, 0.717) is 11.7 Å². The molecular formula is C22H29NO3. The molecule has 4 nitrogen and oxygen atoms in total. The van der Waals surface area contributed by atoms with Crippen molar-refractivity contribution in [3.63, 3.8) is 0 Å². The molecule has 4 rings (SSSR count). The maximum absolute atomic E-state index is 10.1. The first-order valence-electron chi connectivity index (χ1n) is 9.77. The predicted molar refractivity (Wildman–Crippen MR) is 99.1 cm³/mol. The SMILES string of the molecule is CC1(C)CCCC2(C)[C@H]3[C@H](C#N)c4cc(O)c(O)cc4O[C@@]3(C)CC[C@@H]12. The van der Waals surface area contributed by atoms with Crippen LogP contribution in [0.1, 0.15) is 71.3 Å². The van der Waals surface area contributed by atoms with Crippen molar-refractivity contribution >= 4 is 0 Å². The van der Waals surface area contributed by atoms with Crippen molar-refractivity contribution < 1.29 is 14.9 Å². The van der Waals surface area contributed by atoms with E-state index in [9.17, 15) is 15.5 Å². The third-order valence-corrected chi connectivity index (χ3v) is 7.83. The zero-order chi connectivity index (χ0) is 18.9. The number of ether oxygens (including phenoxy) is 1. The molecule has 26 heavy (non-hydrogen) atoms. The van der Waals surface area contributed by atoms with E-state index in [1.165, 1.54) is 25.0 Å². The van der Waals surface area contributed by atoms with Crippen LogP contribution in [0.15, 0.2) is 12.1 Å². The van der Waals surface area contributed by atoms with E-state index < -0.39 is 5.60 Å². The molecule has 1 heterocycles. The van der Waals surface area contributed by atoms with Crippen molar-refractivity contribution in [3.8, 4) is 23.3 Å². The summed E-state index contributed by atoms with van der Waals surface area (Å²) in [5.41, 5.74) is 0.595. The zero-order valence-corrected chi connectivity index (χ0v) is 16.2. The number of fused-ring (bicyclic) bond motifs is 4. The maximum Gasteiger partial charge on any atom is 0.161 e. The van der Waals surface area contributed by atoms with E-state index in [-0.39, 0.29) is 34.2 Å². The number of hydrogen-bond donors (Lipinski definition) is 2. The minimum Gasteiger partial charge on any atom is -0.504 e. The molecule has 4 heteroatoms. The van der Waals surface area contributed by atoms with Crippen LogP contribution in [0.3, 0.4) is 0 Å². The third-order valence-electron chi connectivity index (χ3n) is 7.83. The van der Waals surface area contributed by atoms with Gasteiger partial charge in [-0.05, 0) is 55.4 Å². The first-order valence-corrected chi connectivity index (χ1v) is 9.77. The molecule has 0 radical (unpaired) electrons. The normalized spacial score (nSPS) is 40.3. The van der Waals surface area contributed by atoms with Gasteiger partial charge in [0.1, 0.15) is 11.4 Å². The van der Waals surface area contributed by atoms with Gasteiger partial charge in [0.2, 0.25) is 0 Å². The number of rotatable bonds is 0. The number of nitrogens with zero attached hydrogens (tertiary/aromatic N) is 1. The van der Waals surface area contributed by atoms with Crippen LogP contribution < -0.4 is 4.74 Å². The van der Waals surface area contributed by atoms with Crippen LogP contribution in [0.5, 0.6) is 17.2 Å². The van der Waals surface area contributed by atoms with Gasteiger partial charge in [-0.2, -0.15) is 5.26 Å². The number of phenolic OH excluding ortho intramolecular Hbond substituents is 2. The Morgan fingerprint density at radius 2 is 1.77 bits per heavy atom. The fraction of sp³-hybridized carbons (Fsp3) is 0.682. The lowest BCUT2D eigenvalue weighted by Crippen LogP contribution is -2.62. The average Bonchev–Trinajstić information content (AvgIpc) is 2.53. The molecular weight excluding hydrogens is 326 g/mol. The number of phenols is 2. The lowest BCUT2D eigenvalue weighted by Gasteiger charge is -2.64. The summed E-state index contributed by atoms with van der Waals surface area (Å²) in [5.74, 6) is 0.474. The summed E-state index contributed by atoms with van der Waals surface area (Å²) in [7, 11) is 0. The van der Waals surface area contributed by atoms with Crippen LogP contribution in [-0.4, -0.2) is 15.8 Å². The molecule has 1 unspecified atom stereocenters. The zero-order valence-electron chi connectivity index (χ0n) is 16.2. The third kappa shape index (κ3) is 2.19. The Morgan fingerprint density at radius 3 is 2.46 bits per heavy atom. The number of benzene rings is 1. The lowest BCUT2D eigenvalue weighted by atomic mass is 9.43. The summed E-state index contributed by atoms with van der Waals surface area (Å²) >= 11 is 0. The second kappa shape index (κ2) is 5.31. The van der Waals surface area contributed by atoms with Gasteiger partial charge < -0.3 is 14.9 Å². The Morgan fingerprint density at radius 1 is 1.08 bits per heavy atom. The van der Waals surface area contributed by atoms with Gasteiger partial charge in [0.05, 0.1) is 12.0 Å². The molecule has 140 valence electrons. The summed E-state index contributed by atoms with van der Waals surface area (Å²) in [4.78, 5) is 0. The molecule has 1 aromatic rings. The van der Waals surface area contributed by atoms with Gasteiger partial charge in [0.15, 0.2) is 11.5 Å². The molecule has 2 saturated carbocycles. The summed E-state index contributed by atoms with van der Waals surface area (Å²) < 4.78 is 6.45. The van der Waals surface area contributed by atoms with Crippen LogP contribution in [0.4, 0.5) is 0 Å². The molecule has 0 aromatic heterocycles. The van der Waals surface area contributed by atoms with Gasteiger partial charge in [-0.15, -0.1) is 0 Å². The lowest BCUT2D eigenvalue weighted by molar-refractivity contribution is -0.167. The molecule has 1 aliphatic heterocycles. The van der Waals surface area contributed by atoms with Crippen LogP contribution in [0.25, 0.3) is 0 Å². The minimum atomic E-state index is -0.421. The highest BCUT2D eigenvalue weighted by Crippen LogP contribution is 2.67. The summed E-state index contributed by atoms with van der Waals surface area (Å²) in [6.07, 6.45) is 5.55. The Kier molecular flexibility index (Phi) is 3.58. The Hall–Kier alpha value is -1.89. The predicted octanol–water partition coefficient (Wildman–Crippen LogP) is 5.10. The van der Waals surface area contributed by atoms with Gasteiger partial charge >= 0.3 is 0 Å². The molecule has 0 saturated heterocycles. The maximum atomic E-state index is 10.1. The smallest absolute Gasteiger partial charge is 0.161 e. The van der Waals surface area contributed by atoms with Crippen molar-refractivity contribution in [3.05, 3.63) is 17.7 Å². The molecule has 2 fully saturated rings. The largest absolute Gasteiger partial charge is 0.504 e. The monoisotopic (exact) mass is 355 g/mol. The highest BCUT2D eigenvalue weighted by Gasteiger charge is 2.63. The van der Waals surface area contributed by atoms with E-state index in [4.69, 9.17) is 4.74 Å². The van der Waals surface area contributed by atoms with Crippen molar-refractivity contribution in [2.75, 3.05) is 0 Å². The van der Waals surface area contributed by atoms with Gasteiger partial charge in [-0.3, -0.25) is 0 Å². The summed E-state index contributed by atoms with van der Waals surface area (Å²) in [6, 6.07) is 5.54. The molecule has 0 spiro atoms. The van der Waals surface area contributed by atoms with Crippen LogP contribution in [0.2, 0.25) is 0 Å². The molecule has 1 aromatic carbocycles. The summed E-state index contributed by atoms with van der Waals surface area (Å²) in [5, 5.41) is 30.1. The molecule has 0 amide bonds. The standard InChI is InChI=1S/C22H29NO3/c1-20(2)7-5-8-21(3)18(20)6-9-22(4)19(21)14(12-23)13-10-15(24)16(25)11-17(13)26-22/h10-11,14,18-19,24-25H,5-9H2,1-4H3/t14-,18+,19-,21?,22+/m1/s1. The van der Waals surface area contributed by atoms with E-state index in [0.717, 1.165) is 24.8 Å². The molecule has 2 N–H and O–H groups in total. The Balaban J connectivity index is 1.89. The van der Waals surface area contributed by atoms with Crippen molar-refractivity contribution in [2.45, 2.75) is 71.3 Å². The second-order valence-corrected chi connectivity index (χ2v) is 9.82. The topological polar surface area (TPSA) is 73.5 Å². The first-order chi connectivity index (χ1) is 12.1. The highest BCUT2D eigenvalue weighted by molar-refractivity contribution is 5.54. The average molecular weight is 355 g/mol. The van der Waals surface area contributed by atoms with E-state index >= 15 is 0 Å². The van der Waals surface area contributed by atoms with Gasteiger partial charge in [0, 0.05) is 17.5 Å². The summed E-state index contributed by atoms with van der Waals surface area (Å²) in [6.45, 7) is 9.25. The van der Waals surface area contributed by atoms with E-state index in [2.05, 4.69) is 33.8 Å². The van der Waals surface area contributed by atoms with E-state index in [1.807, 2.05) is 0 Å². The van der Waals surface area contributed by atoms with Crippen LogP contribution >= 0.6 is 0 Å². The number of hydrogen-bond acceptors (Lipinski definition) is 4. The molecule has 0 bridgehead atoms. The Bertz CT molecular complexity index is 795. The fourth-order valence-electron chi connectivity index (χ4n) is 6.87. The van der Waals surface area contributed by atoms with Crippen molar-refractivity contribution in [1.82, 2.24) is 0 Å². The molecule has 3 aliphatic rings. The van der Waals surface area contributed by atoms with Gasteiger partial charge in [-0.1, -0.05) is 27.2 Å². The quantitative estimate of drug-likeness (QED) is 0.635. The first kappa shape index (κ1) is 17.5. The fourth-order valence-corrected chi connectivity index (χ4v) is 6.87. The minimum absolute atomic E-state index is 0.0281. The van der Waals surface area contributed by atoms with Crippen LogP contribution in [0, 0.1) is 34.0 Å².